The minimum Gasteiger partial charge on any atom is -0.495 e. The van der Waals surface area contributed by atoms with Crippen molar-refractivity contribution in [2.75, 3.05) is 12.4 Å². The van der Waals surface area contributed by atoms with Crippen molar-refractivity contribution in [1.29, 1.82) is 0 Å². The van der Waals surface area contributed by atoms with Crippen LogP contribution in [0.4, 0.5) is 10.1 Å². The average molecular weight is 384 g/mol. The largest absolute Gasteiger partial charge is 0.495 e. The van der Waals surface area contributed by atoms with Crippen LogP contribution in [-0.4, -0.2) is 17.1 Å². The number of aryl methyl sites for hydroxylation is 1. The summed E-state index contributed by atoms with van der Waals surface area (Å²) >= 11 is 5.64. The Balaban J connectivity index is 1.83. The molecule has 3 rings (SSSR count). The first-order valence-electron chi connectivity index (χ1n) is 8.52. The van der Waals surface area contributed by atoms with E-state index < -0.39 is 0 Å². The van der Waals surface area contributed by atoms with Gasteiger partial charge in [0, 0.05) is 6.54 Å². The molecular formula is C21H21FN2O2S. The Kier molecular flexibility index (Phi) is 6.08. The summed E-state index contributed by atoms with van der Waals surface area (Å²) < 4.78 is 24.5. The molecular weight excluding hydrogens is 363 g/mol. The van der Waals surface area contributed by atoms with Crippen molar-refractivity contribution >= 4 is 23.0 Å². The standard InChI is InChI=1S/C21H21FN2O2S/c1-15-8-9-20(25-2)19(11-15)23-21(27)24(14-18-7-4-10-26-18)13-16-5-3-6-17(22)12-16/h3-12H,13-14H2,1-2H3,(H,23,27). The Bertz CT molecular complexity index is 912. The summed E-state index contributed by atoms with van der Waals surface area (Å²) in [6.45, 7) is 2.91. The number of methoxy groups -OCH3 is 1. The number of hydrogen-bond acceptors (Lipinski definition) is 3. The van der Waals surface area contributed by atoms with Crippen molar-refractivity contribution in [2.24, 2.45) is 0 Å². The summed E-state index contributed by atoms with van der Waals surface area (Å²) in [5, 5.41) is 3.75. The number of furan rings is 1. The van der Waals surface area contributed by atoms with Crippen molar-refractivity contribution in [3.05, 3.63) is 83.6 Å². The fraction of sp³-hybridized carbons (Fsp3) is 0.190. The quantitative estimate of drug-likeness (QED) is 0.596. The van der Waals surface area contributed by atoms with Crippen LogP contribution in [0.1, 0.15) is 16.9 Å². The summed E-state index contributed by atoms with van der Waals surface area (Å²) in [7, 11) is 1.62. The van der Waals surface area contributed by atoms with Crippen molar-refractivity contribution < 1.29 is 13.5 Å². The van der Waals surface area contributed by atoms with Gasteiger partial charge in [-0.25, -0.2) is 4.39 Å². The van der Waals surface area contributed by atoms with E-state index in [0.29, 0.717) is 24.0 Å². The van der Waals surface area contributed by atoms with Gasteiger partial charge in [0.25, 0.3) is 0 Å². The zero-order valence-electron chi connectivity index (χ0n) is 15.2. The monoisotopic (exact) mass is 384 g/mol. The van der Waals surface area contributed by atoms with E-state index >= 15 is 0 Å². The SMILES string of the molecule is COc1ccc(C)cc1NC(=S)N(Cc1cccc(F)c1)Cc1ccco1. The Morgan fingerprint density at radius 1 is 1.15 bits per heavy atom. The molecule has 0 radical (unpaired) electrons. The van der Waals surface area contributed by atoms with E-state index in [1.165, 1.54) is 12.1 Å². The third-order valence-corrected chi connectivity index (χ3v) is 4.43. The second kappa shape index (κ2) is 8.68. The maximum atomic E-state index is 13.6. The second-order valence-electron chi connectivity index (χ2n) is 6.20. The predicted octanol–water partition coefficient (Wildman–Crippen LogP) is 5.13. The Morgan fingerprint density at radius 2 is 2.00 bits per heavy atom. The molecule has 0 amide bonds. The molecule has 2 aromatic carbocycles. The molecule has 1 heterocycles. The first-order chi connectivity index (χ1) is 13.0. The van der Waals surface area contributed by atoms with E-state index in [1.807, 2.05) is 48.2 Å². The molecule has 0 spiro atoms. The van der Waals surface area contributed by atoms with Gasteiger partial charge in [0.05, 0.1) is 25.6 Å². The van der Waals surface area contributed by atoms with E-state index in [1.54, 1.807) is 19.4 Å². The van der Waals surface area contributed by atoms with Gasteiger partial charge in [0.15, 0.2) is 5.11 Å². The Morgan fingerprint density at radius 3 is 2.70 bits per heavy atom. The van der Waals surface area contributed by atoms with Crippen molar-refractivity contribution in [3.8, 4) is 5.75 Å². The lowest BCUT2D eigenvalue weighted by molar-refractivity contribution is 0.359. The third-order valence-electron chi connectivity index (χ3n) is 4.07. The zero-order valence-corrected chi connectivity index (χ0v) is 16.1. The van der Waals surface area contributed by atoms with Crippen LogP contribution in [0.2, 0.25) is 0 Å². The van der Waals surface area contributed by atoms with Gasteiger partial charge in [0.1, 0.15) is 17.3 Å². The van der Waals surface area contributed by atoms with Crippen LogP contribution >= 0.6 is 12.2 Å². The highest BCUT2D eigenvalue weighted by Gasteiger charge is 2.15. The van der Waals surface area contributed by atoms with Gasteiger partial charge >= 0.3 is 0 Å². The molecule has 1 N–H and O–H groups in total. The zero-order chi connectivity index (χ0) is 19.2. The van der Waals surface area contributed by atoms with Gasteiger partial charge in [-0.1, -0.05) is 18.2 Å². The lowest BCUT2D eigenvalue weighted by Crippen LogP contribution is -2.33. The maximum Gasteiger partial charge on any atom is 0.174 e. The summed E-state index contributed by atoms with van der Waals surface area (Å²) in [6.07, 6.45) is 1.62. The van der Waals surface area contributed by atoms with Crippen molar-refractivity contribution in [1.82, 2.24) is 4.90 Å². The normalized spacial score (nSPS) is 10.5. The third kappa shape index (κ3) is 5.08. The van der Waals surface area contributed by atoms with Crippen LogP contribution in [0.3, 0.4) is 0 Å². The molecule has 0 bridgehead atoms. The van der Waals surface area contributed by atoms with E-state index in [0.717, 1.165) is 22.6 Å². The predicted molar refractivity (Wildman–Crippen MR) is 108 cm³/mol. The number of benzene rings is 2. The molecule has 3 aromatic rings. The molecule has 6 heteroatoms. The summed E-state index contributed by atoms with van der Waals surface area (Å²) in [5.74, 6) is 1.20. The van der Waals surface area contributed by atoms with Crippen LogP contribution in [0, 0.1) is 12.7 Å². The van der Waals surface area contributed by atoms with Gasteiger partial charge in [-0.2, -0.15) is 0 Å². The highest BCUT2D eigenvalue weighted by atomic mass is 32.1. The summed E-state index contributed by atoms with van der Waals surface area (Å²) in [5.41, 5.74) is 2.69. The van der Waals surface area contributed by atoms with Gasteiger partial charge in [-0.05, 0) is 66.7 Å². The molecule has 0 saturated carbocycles. The van der Waals surface area contributed by atoms with Gasteiger partial charge in [-0.3, -0.25) is 0 Å². The van der Waals surface area contributed by atoms with Gasteiger partial charge in [-0.15, -0.1) is 0 Å². The Labute approximate surface area is 163 Å². The van der Waals surface area contributed by atoms with Crippen LogP contribution < -0.4 is 10.1 Å². The number of halogens is 1. The smallest absolute Gasteiger partial charge is 0.174 e. The molecule has 4 nitrogen and oxygen atoms in total. The molecule has 0 aliphatic carbocycles. The Hall–Kier alpha value is -2.86. The highest BCUT2D eigenvalue weighted by molar-refractivity contribution is 7.80. The first kappa shape index (κ1) is 18.9. The fourth-order valence-corrected chi connectivity index (χ4v) is 3.00. The number of hydrogen-bond donors (Lipinski definition) is 1. The molecule has 27 heavy (non-hydrogen) atoms. The van der Waals surface area contributed by atoms with Crippen LogP contribution in [-0.2, 0) is 13.1 Å². The second-order valence-corrected chi connectivity index (χ2v) is 6.59. The summed E-state index contributed by atoms with van der Waals surface area (Å²) in [6, 6.07) is 16.0. The molecule has 0 fully saturated rings. The average Bonchev–Trinajstić information content (AvgIpc) is 3.14. The van der Waals surface area contributed by atoms with Gasteiger partial charge in [0.2, 0.25) is 0 Å². The molecule has 140 valence electrons. The molecule has 0 atom stereocenters. The maximum absolute atomic E-state index is 13.6. The van der Waals surface area contributed by atoms with Crippen molar-refractivity contribution in [2.45, 2.75) is 20.0 Å². The summed E-state index contributed by atoms with van der Waals surface area (Å²) in [4.78, 5) is 1.92. The number of rotatable bonds is 6. The molecule has 0 unspecified atom stereocenters. The van der Waals surface area contributed by atoms with E-state index in [4.69, 9.17) is 21.4 Å². The number of nitrogens with zero attached hydrogens (tertiary/aromatic N) is 1. The van der Waals surface area contributed by atoms with Crippen LogP contribution in [0.15, 0.2) is 65.3 Å². The fourth-order valence-electron chi connectivity index (χ4n) is 2.76. The number of ether oxygens (including phenoxy) is 1. The van der Waals surface area contributed by atoms with E-state index in [2.05, 4.69) is 5.32 Å². The number of anilines is 1. The first-order valence-corrected chi connectivity index (χ1v) is 8.93. The minimum absolute atomic E-state index is 0.273. The molecule has 0 aliphatic rings. The lowest BCUT2D eigenvalue weighted by Gasteiger charge is -2.26. The van der Waals surface area contributed by atoms with Crippen LogP contribution in [0.5, 0.6) is 5.75 Å². The molecule has 0 aliphatic heterocycles. The van der Waals surface area contributed by atoms with Gasteiger partial charge < -0.3 is 19.4 Å². The highest BCUT2D eigenvalue weighted by Crippen LogP contribution is 2.26. The van der Waals surface area contributed by atoms with Crippen molar-refractivity contribution in [3.63, 3.8) is 0 Å². The number of nitrogens with one attached hydrogen (secondary N) is 1. The molecule has 1 aromatic heterocycles. The van der Waals surface area contributed by atoms with E-state index in [-0.39, 0.29) is 5.82 Å². The van der Waals surface area contributed by atoms with Crippen LogP contribution in [0.25, 0.3) is 0 Å². The topological polar surface area (TPSA) is 37.6 Å². The van der Waals surface area contributed by atoms with E-state index in [9.17, 15) is 4.39 Å². The minimum atomic E-state index is -0.273. The number of thiocarbonyl (C=S) groups is 1. The lowest BCUT2D eigenvalue weighted by atomic mass is 10.2. The molecule has 0 saturated heterocycles.